The summed E-state index contributed by atoms with van der Waals surface area (Å²) in [5, 5.41) is 30.6. The minimum atomic E-state index is -1.01. The monoisotopic (exact) mass is 637 g/mol. The SMILES string of the molecule is Cc1ccc(NC(=O)N2CCN(CC(=O)O)CCN(CC(=O)O)CCN(CC(=O)O)CC2)cc1.[Gd]. The fourth-order valence-corrected chi connectivity index (χ4v) is 3.63. The Hall–Kier alpha value is -1.90. The minimum Gasteiger partial charge on any atom is -0.480 e. The maximum Gasteiger partial charge on any atom is 0.321 e. The normalized spacial score (nSPS) is 16.9. The van der Waals surface area contributed by atoms with Gasteiger partial charge in [0.15, 0.2) is 0 Å². The molecule has 1 aromatic rings. The molecule has 0 aliphatic carbocycles. The third kappa shape index (κ3) is 12.6. The summed E-state index contributed by atoms with van der Waals surface area (Å²) in [7, 11) is 0. The third-order valence-corrected chi connectivity index (χ3v) is 5.50. The van der Waals surface area contributed by atoms with Crippen LogP contribution in [0, 0.1) is 46.9 Å². The van der Waals surface area contributed by atoms with Gasteiger partial charge < -0.3 is 25.5 Å². The van der Waals surface area contributed by atoms with Crippen LogP contribution in [0.3, 0.4) is 0 Å². The molecule has 196 valence electrons. The molecule has 1 aromatic carbocycles. The summed E-state index contributed by atoms with van der Waals surface area (Å²) >= 11 is 0. The number of anilines is 1. The van der Waals surface area contributed by atoms with Gasteiger partial charge in [-0.15, -0.1) is 0 Å². The number of nitrogens with zero attached hydrogens (tertiary/aromatic N) is 4. The van der Waals surface area contributed by atoms with E-state index < -0.39 is 17.9 Å². The van der Waals surface area contributed by atoms with Crippen molar-refractivity contribution in [1.82, 2.24) is 19.6 Å². The second-order valence-electron chi connectivity index (χ2n) is 8.29. The number of carbonyl (C=O) groups excluding carboxylic acids is 1. The van der Waals surface area contributed by atoms with E-state index in [0.717, 1.165) is 5.56 Å². The first-order valence-electron chi connectivity index (χ1n) is 11.1. The molecule has 0 saturated carbocycles. The number of aliphatic carboxylic acids is 3. The van der Waals surface area contributed by atoms with E-state index in [1.807, 2.05) is 19.1 Å². The van der Waals surface area contributed by atoms with Crippen molar-refractivity contribution in [2.75, 3.05) is 77.3 Å². The summed E-state index contributed by atoms with van der Waals surface area (Å²) in [4.78, 5) is 53.4. The van der Waals surface area contributed by atoms with E-state index in [1.54, 1.807) is 31.7 Å². The molecule has 1 heterocycles. The van der Waals surface area contributed by atoms with Crippen molar-refractivity contribution in [2.24, 2.45) is 0 Å². The molecule has 0 spiro atoms. The maximum atomic E-state index is 13.0. The Kier molecular flexibility index (Phi) is 14.2. The standard InChI is InChI=1S/C22H33N5O7.Gd/c1-17-2-4-18(5-3-17)23-22(34)27-12-10-25(15-20(30)31)8-6-24(14-19(28)29)7-9-26(11-13-27)16-21(32)33;/h2-5H,6-16H2,1H3,(H,23,34)(H,28,29)(H,30,31)(H,32,33);. The first-order valence-corrected chi connectivity index (χ1v) is 11.1. The average Bonchev–Trinajstić information content (AvgIpc) is 2.74. The molecule has 1 saturated heterocycles. The van der Waals surface area contributed by atoms with E-state index in [9.17, 15) is 34.5 Å². The van der Waals surface area contributed by atoms with Gasteiger partial charge in [-0.1, -0.05) is 17.7 Å². The largest absolute Gasteiger partial charge is 0.480 e. The molecule has 0 radical (unpaired) electrons. The Balaban J connectivity index is 0.00000612. The van der Waals surface area contributed by atoms with Crippen LogP contribution in [0.5, 0.6) is 0 Å². The van der Waals surface area contributed by atoms with Crippen LogP contribution in [0.25, 0.3) is 0 Å². The number of rotatable bonds is 7. The number of benzene rings is 1. The molecular formula is C22H33GdN5O7. The first-order chi connectivity index (χ1) is 16.1. The topological polar surface area (TPSA) is 154 Å². The summed E-state index contributed by atoms with van der Waals surface area (Å²) in [5.41, 5.74) is 1.67. The molecule has 35 heavy (non-hydrogen) atoms. The van der Waals surface area contributed by atoms with Crippen LogP contribution in [0.15, 0.2) is 24.3 Å². The summed E-state index contributed by atoms with van der Waals surface area (Å²) < 4.78 is 0. The molecule has 0 aromatic heterocycles. The molecule has 2 amide bonds. The molecule has 1 aliphatic rings. The van der Waals surface area contributed by atoms with Crippen LogP contribution in [-0.2, 0) is 14.4 Å². The summed E-state index contributed by atoms with van der Waals surface area (Å²) in [6.07, 6.45) is 0. The van der Waals surface area contributed by atoms with Crippen LogP contribution in [-0.4, -0.2) is 131 Å². The number of aryl methyl sites for hydroxylation is 1. The molecule has 4 N–H and O–H groups in total. The Morgan fingerprint density at radius 2 is 1.03 bits per heavy atom. The van der Waals surface area contributed by atoms with Crippen LogP contribution in [0.4, 0.5) is 10.5 Å². The van der Waals surface area contributed by atoms with Gasteiger partial charge in [-0.25, -0.2) is 4.79 Å². The van der Waals surface area contributed by atoms with E-state index in [4.69, 9.17) is 0 Å². The smallest absolute Gasteiger partial charge is 0.321 e. The molecule has 13 heteroatoms. The van der Waals surface area contributed by atoms with Crippen LogP contribution in [0.1, 0.15) is 5.56 Å². The Morgan fingerprint density at radius 3 is 1.37 bits per heavy atom. The Morgan fingerprint density at radius 1 is 0.686 bits per heavy atom. The molecule has 0 unspecified atom stereocenters. The van der Waals surface area contributed by atoms with Crippen LogP contribution >= 0.6 is 0 Å². The van der Waals surface area contributed by atoms with Crippen LogP contribution < -0.4 is 5.32 Å². The van der Waals surface area contributed by atoms with E-state index in [2.05, 4.69) is 5.32 Å². The number of hydrogen-bond donors (Lipinski definition) is 4. The second-order valence-corrected chi connectivity index (χ2v) is 8.29. The number of carbonyl (C=O) groups is 4. The zero-order chi connectivity index (χ0) is 25.1. The number of carboxylic acids is 3. The van der Waals surface area contributed by atoms with E-state index in [0.29, 0.717) is 31.9 Å². The van der Waals surface area contributed by atoms with Gasteiger partial charge in [0.2, 0.25) is 0 Å². The van der Waals surface area contributed by atoms with Crippen molar-refractivity contribution >= 4 is 29.6 Å². The Bertz CT molecular complexity index is 823. The van der Waals surface area contributed by atoms with Crippen LogP contribution in [0.2, 0.25) is 0 Å². The van der Waals surface area contributed by atoms with E-state index in [-0.39, 0.29) is 91.8 Å². The fraction of sp³-hybridized carbons (Fsp3) is 0.545. The van der Waals surface area contributed by atoms with E-state index >= 15 is 0 Å². The third-order valence-electron chi connectivity index (χ3n) is 5.50. The van der Waals surface area contributed by atoms with Gasteiger partial charge in [0.05, 0.1) is 19.6 Å². The molecule has 12 nitrogen and oxygen atoms in total. The molecule has 1 aliphatic heterocycles. The molecule has 0 atom stereocenters. The van der Waals surface area contributed by atoms with Gasteiger partial charge in [0, 0.05) is 98.0 Å². The van der Waals surface area contributed by atoms with Gasteiger partial charge in [-0.3, -0.25) is 29.1 Å². The number of urea groups is 1. The predicted molar refractivity (Wildman–Crippen MR) is 124 cm³/mol. The zero-order valence-electron chi connectivity index (χ0n) is 19.7. The van der Waals surface area contributed by atoms with Gasteiger partial charge in [0.25, 0.3) is 0 Å². The molecule has 2 rings (SSSR count). The van der Waals surface area contributed by atoms with Crippen molar-refractivity contribution < 1.29 is 74.4 Å². The Labute approximate surface area is 236 Å². The summed E-state index contributed by atoms with van der Waals surface area (Å²) in [6, 6.07) is 6.96. The van der Waals surface area contributed by atoms with E-state index in [1.165, 1.54) is 0 Å². The first kappa shape index (κ1) is 31.1. The summed E-state index contributed by atoms with van der Waals surface area (Å²) in [5.74, 6) is -3.04. The summed E-state index contributed by atoms with van der Waals surface area (Å²) in [6.45, 7) is 3.43. The van der Waals surface area contributed by atoms with Gasteiger partial charge >= 0.3 is 23.9 Å². The maximum absolute atomic E-state index is 13.0. The van der Waals surface area contributed by atoms with Gasteiger partial charge in [0.1, 0.15) is 0 Å². The van der Waals surface area contributed by atoms with Crippen molar-refractivity contribution in [2.45, 2.75) is 6.92 Å². The number of nitrogens with one attached hydrogen (secondary N) is 1. The quantitative estimate of drug-likeness (QED) is 0.322. The predicted octanol–water partition coefficient (Wildman–Crippen LogP) is 0.00232. The van der Waals surface area contributed by atoms with Crippen molar-refractivity contribution in [1.29, 1.82) is 0 Å². The number of hydrogen-bond acceptors (Lipinski definition) is 7. The zero-order valence-corrected chi connectivity index (χ0v) is 22.0. The molecule has 1 fully saturated rings. The molecule has 0 bridgehead atoms. The van der Waals surface area contributed by atoms with Gasteiger partial charge in [-0.05, 0) is 19.1 Å². The number of amides is 2. The van der Waals surface area contributed by atoms with Crippen molar-refractivity contribution in [3.8, 4) is 0 Å². The minimum absolute atomic E-state index is 0. The number of carboxylic acid groups (broad SMARTS) is 3. The van der Waals surface area contributed by atoms with Gasteiger partial charge in [-0.2, -0.15) is 0 Å². The fourth-order valence-electron chi connectivity index (χ4n) is 3.63. The molecular weight excluding hydrogens is 604 g/mol. The second kappa shape index (κ2) is 16.0. The van der Waals surface area contributed by atoms with Crippen molar-refractivity contribution in [3.05, 3.63) is 29.8 Å². The average molecular weight is 637 g/mol. The van der Waals surface area contributed by atoms with Crippen molar-refractivity contribution in [3.63, 3.8) is 0 Å².